The van der Waals surface area contributed by atoms with E-state index >= 15 is 0 Å². The van der Waals surface area contributed by atoms with Crippen LogP contribution in [0, 0.1) is 5.92 Å². The number of halogens is 1. The Morgan fingerprint density at radius 2 is 2.19 bits per heavy atom. The number of carbonyl (C=O) groups is 1. The minimum atomic E-state index is 0.234. The number of hydrogen-bond acceptors (Lipinski definition) is 2. The van der Waals surface area contributed by atoms with Gasteiger partial charge in [0.2, 0.25) is 5.91 Å². The summed E-state index contributed by atoms with van der Waals surface area (Å²) in [6.07, 6.45) is 2.92. The highest BCUT2D eigenvalue weighted by Gasteiger charge is 2.29. The van der Waals surface area contributed by atoms with Gasteiger partial charge in [-0.2, -0.15) is 0 Å². The molecule has 0 spiro atoms. The van der Waals surface area contributed by atoms with Crippen molar-refractivity contribution in [2.45, 2.75) is 32.7 Å². The number of likely N-dealkylation sites (tertiary alicyclic amines) is 1. The smallest absolute Gasteiger partial charge is 0.223 e. The van der Waals surface area contributed by atoms with Gasteiger partial charge >= 0.3 is 0 Å². The fourth-order valence-electron chi connectivity index (χ4n) is 3.06. The molecule has 1 aliphatic heterocycles. The standard InChI is InChI=1S/C17H19ClN2O/c1-2-5-12-8-16(21)20(10-12)11-14-9-13-6-3-4-7-15(13)19-17(14)18/h3-4,6-7,9,12H,2,5,8,10-11H2,1H3. The van der Waals surface area contributed by atoms with Crippen LogP contribution >= 0.6 is 11.6 Å². The van der Waals surface area contributed by atoms with E-state index in [0.29, 0.717) is 24.0 Å². The minimum absolute atomic E-state index is 0.234. The number of benzene rings is 1. The summed E-state index contributed by atoms with van der Waals surface area (Å²) in [5.74, 6) is 0.729. The molecule has 0 saturated carbocycles. The Balaban J connectivity index is 1.81. The number of pyridine rings is 1. The van der Waals surface area contributed by atoms with Crippen molar-refractivity contribution in [1.29, 1.82) is 0 Å². The summed E-state index contributed by atoms with van der Waals surface area (Å²) in [5.41, 5.74) is 1.82. The molecule has 1 aromatic heterocycles. The Kier molecular flexibility index (Phi) is 4.11. The molecule has 1 saturated heterocycles. The lowest BCUT2D eigenvalue weighted by molar-refractivity contribution is -0.128. The minimum Gasteiger partial charge on any atom is -0.338 e. The number of para-hydroxylation sites is 1. The third-order valence-corrected chi connectivity index (χ3v) is 4.43. The van der Waals surface area contributed by atoms with Crippen LogP contribution in [0.1, 0.15) is 31.7 Å². The maximum Gasteiger partial charge on any atom is 0.223 e. The Hall–Kier alpha value is -1.61. The van der Waals surface area contributed by atoms with E-state index in [0.717, 1.165) is 35.9 Å². The van der Waals surface area contributed by atoms with E-state index in [1.807, 2.05) is 35.2 Å². The van der Waals surface area contributed by atoms with Gasteiger partial charge in [0.05, 0.1) is 5.52 Å². The van der Waals surface area contributed by atoms with Crippen LogP contribution in [-0.2, 0) is 11.3 Å². The lowest BCUT2D eigenvalue weighted by Crippen LogP contribution is -2.24. The molecule has 0 N–H and O–H groups in total. The second-order valence-corrected chi connectivity index (χ2v) is 6.12. The lowest BCUT2D eigenvalue weighted by atomic mass is 10.0. The van der Waals surface area contributed by atoms with Gasteiger partial charge in [0.25, 0.3) is 0 Å². The van der Waals surface area contributed by atoms with Gasteiger partial charge in [-0.3, -0.25) is 4.79 Å². The molecule has 1 aliphatic rings. The van der Waals surface area contributed by atoms with Gasteiger partial charge in [-0.1, -0.05) is 43.1 Å². The first-order valence-electron chi connectivity index (χ1n) is 7.49. The van der Waals surface area contributed by atoms with Crippen LogP contribution in [0.3, 0.4) is 0 Å². The molecule has 0 radical (unpaired) electrons. The summed E-state index contributed by atoms with van der Waals surface area (Å²) in [5, 5.41) is 1.56. The highest BCUT2D eigenvalue weighted by Crippen LogP contribution is 2.27. The molecule has 1 aromatic carbocycles. The molecule has 4 heteroatoms. The molecule has 0 aliphatic carbocycles. The van der Waals surface area contributed by atoms with E-state index in [-0.39, 0.29) is 5.91 Å². The molecule has 3 rings (SSSR count). The van der Waals surface area contributed by atoms with Gasteiger partial charge in [0.15, 0.2) is 0 Å². The zero-order valence-electron chi connectivity index (χ0n) is 12.2. The first-order valence-corrected chi connectivity index (χ1v) is 7.87. The maximum absolute atomic E-state index is 12.1. The first-order chi connectivity index (χ1) is 10.2. The van der Waals surface area contributed by atoms with Crippen molar-refractivity contribution in [2.75, 3.05) is 6.54 Å². The van der Waals surface area contributed by atoms with Crippen LogP contribution in [0.15, 0.2) is 30.3 Å². The number of fused-ring (bicyclic) bond motifs is 1. The summed E-state index contributed by atoms with van der Waals surface area (Å²) in [4.78, 5) is 18.4. The lowest BCUT2D eigenvalue weighted by Gasteiger charge is -2.17. The predicted octanol–water partition coefficient (Wildman–Crippen LogP) is 4.04. The van der Waals surface area contributed by atoms with E-state index in [1.165, 1.54) is 0 Å². The van der Waals surface area contributed by atoms with Crippen molar-refractivity contribution in [2.24, 2.45) is 5.92 Å². The average molecular weight is 303 g/mol. The number of carbonyl (C=O) groups excluding carboxylic acids is 1. The number of hydrogen-bond donors (Lipinski definition) is 0. The highest BCUT2D eigenvalue weighted by molar-refractivity contribution is 6.30. The molecule has 110 valence electrons. The molecule has 1 amide bonds. The Bertz CT molecular complexity index is 671. The molecule has 1 atom stereocenters. The van der Waals surface area contributed by atoms with Crippen LogP contribution in [0.4, 0.5) is 0 Å². The highest BCUT2D eigenvalue weighted by atomic mass is 35.5. The van der Waals surface area contributed by atoms with Crippen LogP contribution < -0.4 is 0 Å². The quantitative estimate of drug-likeness (QED) is 0.799. The molecule has 0 bridgehead atoms. The van der Waals surface area contributed by atoms with E-state index < -0.39 is 0 Å². The van der Waals surface area contributed by atoms with Gasteiger partial charge in [-0.25, -0.2) is 4.98 Å². The molecule has 3 nitrogen and oxygen atoms in total. The molecule has 2 heterocycles. The summed E-state index contributed by atoms with van der Waals surface area (Å²) in [6, 6.07) is 9.95. The summed E-state index contributed by atoms with van der Waals surface area (Å²) in [7, 11) is 0. The fraction of sp³-hybridized carbons (Fsp3) is 0.412. The Morgan fingerprint density at radius 1 is 1.38 bits per heavy atom. The molecule has 1 unspecified atom stereocenters. The van der Waals surface area contributed by atoms with Crippen molar-refractivity contribution in [3.8, 4) is 0 Å². The van der Waals surface area contributed by atoms with Crippen LogP contribution in [0.5, 0.6) is 0 Å². The van der Waals surface area contributed by atoms with Gasteiger partial charge in [0.1, 0.15) is 5.15 Å². The average Bonchev–Trinajstić information content (AvgIpc) is 2.80. The van der Waals surface area contributed by atoms with Crippen molar-refractivity contribution in [3.63, 3.8) is 0 Å². The molecule has 21 heavy (non-hydrogen) atoms. The predicted molar refractivity (Wildman–Crippen MR) is 85.2 cm³/mol. The number of rotatable bonds is 4. The van der Waals surface area contributed by atoms with Crippen molar-refractivity contribution < 1.29 is 4.79 Å². The second kappa shape index (κ2) is 6.02. The zero-order valence-corrected chi connectivity index (χ0v) is 12.9. The van der Waals surface area contributed by atoms with Gasteiger partial charge in [-0.15, -0.1) is 0 Å². The third-order valence-electron chi connectivity index (χ3n) is 4.10. The fourth-order valence-corrected chi connectivity index (χ4v) is 3.27. The van der Waals surface area contributed by atoms with E-state index in [2.05, 4.69) is 11.9 Å². The maximum atomic E-state index is 12.1. The van der Waals surface area contributed by atoms with Gasteiger partial charge in [-0.05, 0) is 24.5 Å². The Labute approximate surface area is 129 Å². The molecule has 2 aromatic rings. The van der Waals surface area contributed by atoms with Crippen molar-refractivity contribution in [3.05, 3.63) is 41.0 Å². The largest absolute Gasteiger partial charge is 0.338 e. The van der Waals surface area contributed by atoms with E-state index in [4.69, 9.17) is 11.6 Å². The molecular formula is C17H19ClN2O. The SMILES string of the molecule is CCCC1CC(=O)N(Cc2cc3ccccc3nc2Cl)C1. The topological polar surface area (TPSA) is 33.2 Å². The van der Waals surface area contributed by atoms with Crippen LogP contribution in [0.2, 0.25) is 5.15 Å². The van der Waals surface area contributed by atoms with Gasteiger partial charge < -0.3 is 4.90 Å². The first kappa shape index (κ1) is 14.3. The monoisotopic (exact) mass is 302 g/mol. The Morgan fingerprint density at radius 3 is 3.00 bits per heavy atom. The third kappa shape index (κ3) is 3.03. The van der Waals surface area contributed by atoms with Crippen molar-refractivity contribution in [1.82, 2.24) is 9.88 Å². The normalized spacial score (nSPS) is 18.7. The van der Waals surface area contributed by atoms with Gasteiger partial charge in [0, 0.05) is 30.5 Å². The van der Waals surface area contributed by atoms with Crippen molar-refractivity contribution >= 4 is 28.4 Å². The van der Waals surface area contributed by atoms with Crippen LogP contribution in [0.25, 0.3) is 10.9 Å². The number of nitrogens with zero attached hydrogens (tertiary/aromatic N) is 2. The molecule has 1 fully saturated rings. The summed E-state index contributed by atoms with van der Waals surface area (Å²) < 4.78 is 0. The van der Waals surface area contributed by atoms with E-state index in [1.54, 1.807) is 0 Å². The number of amides is 1. The second-order valence-electron chi connectivity index (χ2n) is 5.76. The number of aromatic nitrogens is 1. The van der Waals surface area contributed by atoms with Crippen LogP contribution in [-0.4, -0.2) is 22.3 Å². The zero-order chi connectivity index (χ0) is 14.8. The summed E-state index contributed by atoms with van der Waals surface area (Å²) in [6.45, 7) is 3.57. The summed E-state index contributed by atoms with van der Waals surface area (Å²) >= 11 is 6.28. The van der Waals surface area contributed by atoms with E-state index in [9.17, 15) is 4.79 Å². The molecular weight excluding hydrogens is 284 g/mol.